The van der Waals surface area contributed by atoms with Gasteiger partial charge >= 0.3 is 12.1 Å². The average molecular weight is 521 g/mol. The molecule has 1 aromatic carbocycles. The lowest BCUT2D eigenvalue weighted by atomic mass is 9.86. The van der Waals surface area contributed by atoms with Gasteiger partial charge in [-0.25, -0.2) is 9.48 Å². The number of carbonyl (C=O) groups is 1. The van der Waals surface area contributed by atoms with Gasteiger partial charge in [-0.05, 0) is 76.1 Å². The second kappa shape index (κ2) is 9.41. The van der Waals surface area contributed by atoms with Crippen molar-refractivity contribution in [1.82, 2.24) is 24.6 Å². The largest absolute Gasteiger partial charge is 0.467 e. The molecule has 10 nitrogen and oxygen atoms in total. The van der Waals surface area contributed by atoms with Crippen molar-refractivity contribution < 1.29 is 19.0 Å². The number of aromatic nitrogens is 4. The molecule has 38 heavy (non-hydrogen) atoms. The van der Waals surface area contributed by atoms with Crippen LogP contribution in [0.25, 0.3) is 16.7 Å². The van der Waals surface area contributed by atoms with Gasteiger partial charge in [-0.3, -0.25) is 0 Å². The quantitative estimate of drug-likeness (QED) is 0.505. The maximum Gasteiger partial charge on any atom is 0.410 e. The molecule has 10 heteroatoms. The summed E-state index contributed by atoms with van der Waals surface area (Å²) in [5.41, 5.74) is 3.04. The van der Waals surface area contributed by atoms with Gasteiger partial charge in [0.25, 0.3) is 0 Å². The number of likely N-dealkylation sites (tertiary alicyclic amines) is 1. The zero-order valence-electron chi connectivity index (χ0n) is 22.8. The normalized spacial score (nSPS) is 21.9. The predicted octanol–water partition coefficient (Wildman–Crippen LogP) is 4.22. The third-order valence-corrected chi connectivity index (χ3v) is 7.82. The fourth-order valence-corrected chi connectivity index (χ4v) is 5.95. The summed E-state index contributed by atoms with van der Waals surface area (Å²) in [5, 5.41) is 5.77. The number of nitrogens with zero attached hydrogens (tertiary/aromatic N) is 6. The third kappa shape index (κ3) is 4.66. The van der Waals surface area contributed by atoms with Crippen LogP contribution in [-0.4, -0.2) is 81.8 Å². The fraction of sp³-hybridized carbons (Fsp3) is 0.571. The minimum atomic E-state index is -0.486. The van der Waals surface area contributed by atoms with E-state index in [4.69, 9.17) is 19.3 Å². The molecule has 6 rings (SSSR count). The summed E-state index contributed by atoms with van der Waals surface area (Å²) in [6.45, 7) is 10.8. The molecule has 3 fully saturated rings. The van der Waals surface area contributed by atoms with Gasteiger partial charge in [0.2, 0.25) is 0 Å². The lowest BCUT2D eigenvalue weighted by Crippen LogP contribution is -2.41. The van der Waals surface area contributed by atoms with Gasteiger partial charge in [-0.2, -0.15) is 15.1 Å². The van der Waals surface area contributed by atoms with Crippen LogP contribution in [0.2, 0.25) is 0 Å². The van der Waals surface area contributed by atoms with Crippen molar-refractivity contribution in [1.29, 1.82) is 0 Å². The van der Waals surface area contributed by atoms with E-state index in [9.17, 15) is 4.79 Å². The minimum absolute atomic E-state index is 0.229. The average Bonchev–Trinajstić information content (AvgIpc) is 3.63. The number of aryl methyl sites for hydroxylation is 1. The van der Waals surface area contributed by atoms with Gasteiger partial charge in [0.1, 0.15) is 11.4 Å². The Morgan fingerprint density at radius 3 is 2.53 bits per heavy atom. The number of piperidine rings is 1. The number of fused-ring (bicyclic) bond motifs is 3. The molecule has 0 aliphatic carbocycles. The Bertz CT molecular complexity index is 1360. The molecule has 3 aliphatic rings. The number of ether oxygens (including phenoxy) is 3. The molecule has 0 N–H and O–H groups in total. The molecule has 3 aliphatic heterocycles. The molecule has 0 radical (unpaired) electrons. The summed E-state index contributed by atoms with van der Waals surface area (Å²) in [4.78, 5) is 26.0. The number of methoxy groups -OCH3 is 1. The molecule has 202 valence electrons. The first-order valence-electron chi connectivity index (χ1n) is 13.5. The van der Waals surface area contributed by atoms with E-state index in [0.29, 0.717) is 36.9 Å². The van der Waals surface area contributed by atoms with Gasteiger partial charge in [0.05, 0.1) is 37.6 Å². The second-order valence-electron chi connectivity index (χ2n) is 11.6. The van der Waals surface area contributed by atoms with E-state index < -0.39 is 5.60 Å². The van der Waals surface area contributed by atoms with Gasteiger partial charge in [-0.15, -0.1) is 0 Å². The minimum Gasteiger partial charge on any atom is -0.467 e. The Morgan fingerprint density at radius 1 is 1.11 bits per heavy atom. The lowest BCUT2D eigenvalue weighted by Gasteiger charge is -2.34. The number of morpholine rings is 1. The maximum absolute atomic E-state index is 12.5. The van der Waals surface area contributed by atoms with E-state index in [1.54, 1.807) is 7.11 Å². The zero-order chi connectivity index (χ0) is 26.6. The van der Waals surface area contributed by atoms with Crippen molar-refractivity contribution in [3.8, 4) is 11.8 Å². The first-order chi connectivity index (χ1) is 18.2. The Balaban J connectivity index is 1.28. The monoisotopic (exact) mass is 520 g/mol. The van der Waals surface area contributed by atoms with E-state index in [2.05, 4.69) is 33.9 Å². The smallest absolute Gasteiger partial charge is 0.410 e. The second-order valence-corrected chi connectivity index (χ2v) is 11.6. The Morgan fingerprint density at radius 2 is 1.87 bits per heavy atom. The number of benzene rings is 1. The van der Waals surface area contributed by atoms with Gasteiger partial charge in [-0.1, -0.05) is 0 Å². The summed E-state index contributed by atoms with van der Waals surface area (Å²) in [5.74, 6) is 1.88. The fourth-order valence-electron chi connectivity index (χ4n) is 5.95. The number of carbonyl (C=O) groups excluding carboxylic acids is 1. The van der Waals surface area contributed by atoms with Crippen LogP contribution >= 0.6 is 0 Å². The Kier molecular flexibility index (Phi) is 6.17. The summed E-state index contributed by atoms with van der Waals surface area (Å²) in [6, 6.07) is 7.10. The maximum atomic E-state index is 12.5. The van der Waals surface area contributed by atoms with E-state index in [-0.39, 0.29) is 12.2 Å². The SMILES string of the molecule is COc1nc(N2C[C@H]3C[C@@H]2CO3)cc(-n2ncc3cc(C)c(C4CCN(C(=O)OC(C)(C)C)CC4)cc32)n1. The van der Waals surface area contributed by atoms with Crippen LogP contribution in [0.15, 0.2) is 24.4 Å². The van der Waals surface area contributed by atoms with Crippen LogP contribution in [0.1, 0.15) is 57.1 Å². The van der Waals surface area contributed by atoms with E-state index in [1.807, 2.05) is 42.6 Å². The van der Waals surface area contributed by atoms with Crippen LogP contribution in [-0.2, 0) is 9.47 Å². The Hall–Kier alpha value is -3.40. The molecule has 2 atom stereocenters. The number of rotatable bonds is 4. The van der Waals surface area contributed by atoms with E-state index in [0.717, 1.165) is 49.1 Å². The van der Waals surface area contributed by atoms with Crippen LogP contribution < -0.4 is 9.64 Å². The summed E-state index contributed by atoms with van der Waals surface area (Å²) in [6.07, 6.45) is 4.74. The first-order valence-corrected chi connectivity index (χ1v) is 13.5. The van der Waals surface area contributed by atoms with Crippen LogP contribution in [0.4, 0.5) is 10.6 Å². The molecule has 5 heterocycles. The van der Waals surface area contributed by atoms with Crippen LogP contribution in [0, 0.1) is 6.92 Å². The van der Waals surface area contributed by atoms with Crippen molar-refractivity contribution in [2.24, 2.45) is 0 Å². The highest BCUT2D eigenvalue weighted by Gasteiger charge is 2.40. The summed E-state index contributed by atoms with van der Waals surface area (Å²) in [7, 11) is 1.59. The molecule has 2 bridgehead atoms. The van der Waals surface area contributed by atoms with Crippen LogP contribution in [0.5, 0.6) is 6.01 Å². The molecule has 0 spiro atoms. The predicted molar refractivity (Wildman–Crippen MR) is 143 cm³/mol. The molecule has 0 unspecified atom stereocenters. The number of anilines is 1. The third-order valence-electron chi connectivity index (χ3n) is 7.82. The molecule has 3 aromatic rings. The van der Waals surface area contributed by atoms with Crippen molar-refractivity contribution in [3.63, 3.8) is 0 Å². The van der Waals surface area contributed by atoms with Gasteiger partial charge < -0.3 is 24.0 Å². The highest BCUT2D eigenvalue weighted by molar-refractivity contribution is 5.82. The molecular weight excluding hydrogens is 484 g/mol. The first kappa shape index (κ1) is 24.9. The molecular formula is C28H36N6O4. The Labute approximate surface area is 222 Å². The number of amides is 1. The standard InChI is InChI=1S/C28H36N6O4/c1-17-10-19-14-29-34(25-13-24(30-26(31-25)36-5)33-15-21-11-20(33)16-37-21)23(19)12-22(17)18-6-8-32(9-7-18)27(35)38-28(2,3)4/h10,12-14,18,20-21H,6-9,11,15-16H2,1-5H3/t20-,21-/m1/s1. The lowest BCUT2D eigenvalue weighted by molar-refractivity contribution is 0.0205. The highest BCUT2D eigenvalue weighted by Crippen LogP contribution is 2.35. The van der Waals surface area contributed by atoms with Gasteiger partial charge in [0, 0.05) is 31.1 Å². The molecule has 3 saturated heterocycles. The number of hydrogen-bond acceptors (Lipinski definition) is 8. The van der Waals surface area contributed by atoms with Gasteiger partial charge in [0.15, 0.2) is 5.82 Å². The van der Waals surface area contributed by atoms with Crippen LogP contribution in [0.3, 0.4) is 0 Å². The van der Waals surface area contributed by atoms with E-state index in [1.165, 1.54) is 11.1 Å². The van der Waals surface area contributed by atoms with Crippen molar-refractivity contribution in [2.45, 2.75) is 70.6 Å². The van der Waals surface area contributed by atoms with Crippen molar-refractivity contribution in [3.05, 3.63) is 35.5 Å². The topological polar surface area (TPSA) is 94.8 Å². The van der Waals surface area contributed by atoms with E-state index >= 15 is 0 Å². The summed E-state index contributed by atoms with van der Waals surface area (Å²) >= 11 is 0. The zero-order valence-corrected chi connectivity index (χ0v) is 22.8. The number of hydrogen-bond donors (Lipinski definition) is 0. The molecule has 2 aromatic heterocycles. The summed E-state index contributed by atoms with van der Waals surface area (Å²) < 4.78 is 18.7. The molecule has 1 amide bonds. The molecule has 0 saturated carbocycles. The van der Waals surface area contributed by atoms with Crippen molar-refractivity contribution >= 4 is 22.8 Å². The highest BCUT2D eigenvalue weighted by atomic mass is 16.6. The van der Waals surface area contributed by atoms with Crippen molar-refractivity contribution in [2.75, 3.05) is 38.3 Å².